The van der Waals surface area contributed by atoms with Crippen molar-refractivity contribution in [1.82, 2.24) is 0 Å². The number of hydrogen-bond donors (Lipinski definition) is 1. The number of carbonyl (C=O) groups is 1. The molecule has 6 heteroatoms. The summed E-state index contributed by atoms with van der Waals surface area (Å²) in [6, 6.07) is 4.00. The van der Waals surface area contributed by atoms with Crippen LogP contribution in [0.25, 0.3) is 6.08 Å². The van der Waals surface area contributed by atoms with Crippen molar-refractivity contribution in [3.63, 3.8) is 0 Å². The van der Waals surface area contributed by atoms with Gasteiger partial charge in [0, 0.05) is 6.08 Å². The van der Waals surface area contributed by atoms with Crippen molar-refractivity contribution in [1.29, 1.82) is 5.26 Å². The summed E-state index contributed by atoms with van der Waals surface area (Å²) in [6.07, 6.45) is -2.54. The zero-order valence-corrected chi connectivity index (χ0v) is 8.32. The second kappa shape index (κ2) is 4.70. The summed E-state index contributed by atoms with van der Waals surface area (Å²) < 4.78 is 37.4. The molecule has 0 atom stereocenters. The standard InChI is InChI=1S/C11H6F3NO2/c12-11(13,14)9-5-7(2-1-3-15)4-8(6-9)10(16)17/h1-2,4-6H,(H,16,17). The Balaban J connectivity index is 3.35. The van der Waals surface area contributed by atoms with Gasteiger partial charge in [-0.15, -0.1) is 0 Å². The lowest BCUT2D eigenvalue weighted by atomic mass is 10.0. The van der Waals surface area contributed by atoms with Gasteiger partial charge in [0.2, 0.25) is 0 Å². The van der Waals surface area contributed by atoms with E-state index in [2.05, 4.69) is 0 Å². The van der Waals surface area contributed by atoms with Crippen LogP contribution in [0, 0.1) is 11.3 Å². The molecule has 0 aliphatic heterocycles. The van der Waals surface area contributed by atoms with E-state index in [9.17, 15) is 18.0 Å². The first-order chi connectivity index (χ1) is 7.84. The van der Waals surface area contributed by atoms with Crippen LogP contribution in [0.2, 0.25) is 0 Å². The lowest BCUT2D eigenvalue weighted by molar-refractivity contribution is -0.137. The number of rotatable bonds is 2. The first-order valence-corrected chi connectivity index (χ1v) is 4.36. The van der Waals surface area contributed by atoms with E-state index in [1.807, 2.05) is 0 Å². The maximum absolute atomic E-state index is 12.5. The molecule has 0 saturated heterocycles. The number of nitriles is 1. The number of nitrogens with zero attached hydrogens (tertiary/aromatic N) is 1. The molecule has 1 rings (SSSR count). The topological polar surface area (TPSA) is 61.1 Å². The quantitative estimate of drug-likeness (QED) is 0.809. The van der Waals surface area contributed by atoms with Crippen molar-refractivity contribution in [2.75, 3.05) is 0 Å². The van der Waals surface area contributed by atoms with Crippen molar-refractivity contribution in [2.45, 2.75) is 6.18 Å². The highest BCUT2D eigenvalue weighted by molar-refractivity contribution is 5.88. The van der Waals surface area contributed by atoms with Gasteiger partial charge in [-0.1, -0.05) is 0 Å². The molecule has 17 heavy (non-hydrogen) atoms. The Morgan fingerprint density at radius 2 is 2.00 bits per heavy atom. The Bertz CT molecular complexity index is 512. The zero-order valence-electron chi connectivity index (χ0n) is 8.32. The molecule has 0 fully saturated rings. The number of hydrogen-bond acceptors (Lipinski definition) is 2. The normalized spacial score (nSPS) is 11.4. The number of carboxylic acid groups (broad SMARTS) is 1. The first kappa shape index (κ1) is 12.8. The number of alkyl halides is 3. The number of allylic oxidation sites excluding steroid dienone is 1. The third-order valence-corrected chi connectivity index (χ3v) is 1.88. The van der Waals surface area contributed by atoms with Gasteiger partial charge in [-0.3, -0.25) is 0 Å². The molecular weight excluding hydrogens is 235 g/mol. The SMILES string of the molecule is N#CC=Cc1cc(C(=O)O)cc(C(F)(F)F)c1. The summed E-state index contributed by atoms with van der Waals surface area (Å²) in [5.74, 6) is -1.46. The summed E-state index contributed by atoms with van der Waals surface area (Å²) in [4.78, 5) is 10.6. The van der Waals surface area contributed by atoms with Crippen LogP contribution in [-0.2, 0) is 6.18 Å². The lowest BCUT2D eigenvalue weighted by Gasteiger charge is -2.08. The molecule has 0 aromatic heterocycles. The van der Waals surface area contributed by atoms with E-state index in [1.54, 1.807) is 6.07 Å². The van der Waals surface area contributed by atoms with E-state index in [-0.39, 0.29) is 5.56 Å². The first-order valence-electron chi connectivity index (χ1n) is 4.36. The van der Waals surface area contributed by atoms with Crippen LogP contribution in [0.4, 0.5) is 13.2 Å². The van der Waals surface area contributed by atoms with Gasteiger partial charge in [0.25, 0.3) is 0 Å². The predicted octanol–water partition coefficient (Wildman–Crippen LogP) is 2.94. The van der Waals surface area contributed by atoms with Crippen LogP contribution in [-0.4, -0.2) is 11.1 Å². The summed E-state index contributed by atoms with van der Waals surface area (Å²) >= 11 is 0. The fourth-order valence-corrected chi connectivity index (χ4v) is 1.17. The molecule has 1 aromatic carbocycles. The van der Waals surface area contributed by atoms with Crippen molar-refractivity contribution >= 4 is 12.0 Å². The number of carboxylic acids is 1. The number of aromatic carboxylic acids is 1. The largest absolute Gasteiger partial charge is 0.478 e. The molecule has 1 N–H and O–H groups in total. The molecule has 3 nitrogen and oxygen atoms in total. The highest BCUT2D eigenvalue weighted by atomic mass is 19.4. The average molecular weight is 241 g/mol. The molecule has 1 aromatic rings. The Kier molecular flexibility index (Phi) is 3.53. The molecule has 0 aliphatic rings. The third kappa shape index (κ3) is 3.34. The smallest absolute Gasteiger partial charge is 0.416 e. The molecule has 0 bridgehead atoms. The van der Waals surface area contributed by atoms with Crippen LogP contribution in [0.3, 0.4) is 0 Å². The fourth-order valence-electron chi connectivity index (χ4n) is 1.17. The minimum absolute atomic E-state index is 0.0128. The van der Waals surface area contributed by atoms with Crippen molar-refractivity contribution in [2.24, 2.45) is 0 Å². The minimum Gasteiger partial charge on any atom is -0.478 e. The van der Waals surface area contributed by atoms with Crippen molar-refractivity contribution in [3.8, 4) is 6.07 Å². The van der Waals surface area contributed by atoms with E-state index in [0.717, 1.165) is 24.3 Å². The van der Waals surface area contributed by atoms with E-state index < -0.39 is 23.3 Å². The Labute approximate surface area is 94.4 Å². The molecular formula is C11H6F3NO2. The van der Waals surface area contributed by atoms with Gasteiger partial charge in [-0.25, -0.2) is 4.79 Å². The average Bonchev–Trinajstić information content (AvgIpc) is 2.24. The maximum atomic E-state index is 12.5. The number of benzene rings is 1. The van der Waals surface area contributed by atoms with Gasteiger partial charge in [0.15, 0.2) is 0 Å². The third-order valence-electron chi connectivity index (χ3n) is 1.88. The maximum Gasteiger partial charge on any atom is 0.416 e. The lowest BCUT2D eigenvalue weighted by Crippen LogP contribution is -2.08. The van der Waals surface area contributed by atoms with Gasteiger partial charge >= 0.3 is 12.1 Å². The second-order valence-electron chi connectivity index (χ2n) is 3.11. The van der Waals surface area contributed by atoms with Gasteiger partial charge in [-0.2, -0.15) is 18.4 Å². The van der Waals surface area contributed by atoms with Crippen molar-refractivity contribution in [3.05, 3.63) is 41.0 Å². The van der Waals surface area contributed by atoms with Crippen LogP contribution >= 0.6 is 0 Å². The van der Waals surface area contributed by atoms with Crippen LogP contribution in [0.5, 0.6) is 0 Å². The highest BCUT2D eigenvalue weighted by Crippen LogP contribution is 2.31. The molecule has 0 spiro atoms. The molecule has 0 aliphatic carbocycles. The van der Waals surface area contributed by atoms with Crippen molar-refractivity contribution < 1.29 is 23.1 Å². The molecule has 0 amide bonds. The monoisotopic (exact) mass is 241 g/mol. The summed E-state index contributed by atoms with van der Waals surface area (Å²) in [7, 11) is 0. The second-order valence-corrected chi connectivity index (χ2v) is 3.11. The molecule has 0 unspecified atom stereocenters. The predicted molar refractivity (Wildman–Crippen MR) is 53.1 cm³/mol. The Morgan fingerprint density at radius 1 is 1.35 bits per heavy atom. The van der Waals surface area contributed by atoms with E-state index in [0.29, 0.717) is 6.07 Å². The Hall–Kier alpha value is -2.29. The van der Waals surface area contributed by atoms with Gasteiger partial charge in [0.1, 0.15) is 0 Å². The molecule has 0 radical (unpaired) electrons. The van der Waals surface area contributed by atoms with Gasteiger partial charge in [0.05, 0.1) is 17.2 Å². The summed E-state index contributed by atoms with van der Waals surface area (Å²) in [6.45, 7) is 0. The van der Waals surface area contributed by atoms with Gasteiger partial charge in [-0.05, 0) is 29.8 Å². The molecule has 88 valence electrons. The Morgan fingerprint density at radius 3 is 2.47 bits per heavy atom. The molecule has 0 heterocycles. The summed E-state index contributed by atoms with van der Waals surface area (Å²) in [5, 5.41) is 16.9. The van der Waals surface area contributed by atoms with Crippen LogP contribution in [0.1, 0.15) is 21.5 Å². The highest BCUT2D eigenvalue weighted by Gasteiger charge is 2.31. The summed E-state index contributed by atoms with van der Waals surface area (Å²) in [5.41, 5.74) is -1.52. The minimum atomic E-state index is -4.62. The number of halogens is 3. The fraction of sp³-hybridized carbons (Fsp3) is 0.0909. The van der Waals surface area contributed by atoms with E-state index in [1.165, 1.54) is 0 Å². The van der Waals surface area contributed by atoms with Crippen LogP contribution < -0.4 is 0 Å². The van der Waals surface area contributed by atoms with Gasteiger partial charge < -0.3 is 5.11 Å². The van der Waals surface area contributed by atoms with E-state index in [4.69, 9.17) is 10.4 Å². The van der Waals surface area contributed by atoms with Crippen LogP contribution in [0.15, 0.2) is 24.3 Å². The van der Waals surface area contributed by atoms with E-state index >= 15 is 0 Å². The molecule has 0 saturated carbocycles. The zero-order chi connectivity index (χ0) is 13.1.